The number of carbonyl (C=O) groups is 3. The van der Waals surface area contributed by atoms with Crippen LogP contribution in [0.2, 0.25) is 0 Å². The molecule has 0 aliphatic heterocycles. The normalized spacial score (nSPS) is 21.0. The maximum atomic E-state index is 10.5. The zero-order valence-electron chi connectivity index (χ0n) is 25.0. The summed E-state index contributed by atoms with van der Waals surface area (Å²) in [6.07, 6.45) is -18.8. The molecule has 46 heavy (non-hydrogen) atoms. The molecular formula is C24H45FeO21. The number of aliphatic hydroxyl groups excluding tert-OH is 12. The molecule has 0 heterocycles. The monoisotopic (exact) mass is 725 g/mol. The summed E-state index contributed by atoms with van der Waals surface area (Å²) in [5.74, 6) is -5.87. The molecule has 12 unspecified atom stereocenters. The molecule has 0 bridgehead atoms. The van der Waals surface area contributed by atoms with Crippen molar-refractivity contribution in [1.29, 1.82) is 0 Å². The maximum Gasteiger partial charge on any atom is 3.00 e. The Balaban J connectivity index is -0.000000285. The van der Waals surface area contributed by atoms with Gasteiger partial charge in [-0.05, 0) is 19.3 Å². The molecule has 0 spiro atoms. The van der Waals surface area contributed by atoms with E-state index in [1.165, 1.54) is 20.8 Å². The molecule has 0 aromatic rings. The van der Waals surface area contributed by atoms with Crippen molar-refractivity contribution in [2.45, 2.75) is 112 Å². The molecule has 0 rings (SSSR count). The van der Waals surface area contributed by atoms with Crippen molar-refractivity contribution >= 4 is 17.9 Å². The number of carboxylic acid groups (broad SMARTS) is 3. The first kappa shape index (κ1) is 51.2. The molecule has 0 aromatic heterocycles. The average Bonchev–Trinajstić information content (AvgIpc) is 3.03. The smallest absolute Gasteiger partial charge is 0.547 e. The van der Waals surface area contributed by atoms with E-state index in [-0.39, 0.29) is 17.1 Å². The Labute approximate surface area is 273 Å². The van der Waals surface area contributed by atoms with E-state index in [0.717, 1.165) is 0 Å². The predicted octanol–water partition coefficient (Wildman–Crippen LogP) is -12.1. The van der Waals surface area contributed by atoms with Crippen molar-refractivity contribution in [1.82, 2.24) is 0 Å². The van der Waals surface area contributed by atoms with Gasteiger partial charge in [0.1, 0.15) is 71.7 Å². The van der Waals surface area contributed by atoms with Crippen molar-refractivity contribution in [3.8, 4) is 0 Å². The Morgan fingerprint density at radius 1 is 0.478 bits per heavy atom. The topological polar surface area (TPSA) is 424 Å². The van der Waals surface area contributed by atoms with Gasteiger partial charge in [-0.1, -0.05) is 20.8 Å². The Hall–Kier alpha value is -1.67. The third-order valence-corrected chi connectivity index (χ3v) is 6.86. The second-order valence-electron chi connectivity index (χ2n) is 9.75. The van der Waals surface area contributed by atoms with Crippen molar-refractivity contribution < 1.29 is 123 Å². The first-order valence-corrected chi connectivity index (χ1v) is 13.2. The van der Waals surface area contributed by atoms with Crippen LogP contribution in [0.25, 0.3) is 0 Å². The van der Waals surface area contributed by atoms with Gasteiger partial charge < -0.3 is 106 Å². The molecule has 21 nitrogen and oxygen atoms in total. The molecule has 12 atom stereocenters. The minimum Gasteiger partial charge on any atom is -0.547 e. The van der Waals surface area contributed by atoms with Crippen LogP contribution in [-0.4, -0.2) is 186 Å². The van der Waals surface area contributed by atoms with Gasteiger partial charge in [0.15, 0.2) is 0 Å². The quantitative estimate of drug-likeness (QED) is 0.0583. The Bertz CT molecular complexity index is 773. The molecule has 0 aliphatic rings. The number of rotatable bonds is 18. The number of carbonyl (C=O) groups excluding carboxylic acids is 3. The third kappa shape index (κ3) is 13.4. The fraction of sp³-hybridized carbons (Fsp3) is 0.875. The summed E-state index contributed by atoms with van der Waals surface area (Å²) in [5.41, 5.74) is -7.97. The van der Waals surface area contributed by atoms with Crippen molar-refractivity contribution in [2.24, 2.45) is 0 Å². The van der Waals surface area contributed by atoms with Crippen LogP contribution in [0.15, 0.2) is 0 Å². The molecule has 0 fully saturated rings. The minimum atomic E-state index is -2.66. The number of hydrogen-bond acceptors (Lipinski definition) is 21. The molecule has 0 aliphatic carbocycles. The number of aliphatic hydroxyl groups is 15. The molecule has 15 N–H and O–H groups in total. The van der Waals surface area contributed by atoms with Gasteiger partial charge in [0.05, 0.1) is 37.7 Å². The van der Waals surface area contributed by atoms with Crippen LogP contribution in [0.5, 0.6) is 0 Å². The average molecular weight is 725 g/mol. The second-order valence-corrected chi connectivity index (χ2v) is 9.75. The fourth-order valence-electron chi connectivity index (χ4n) is 3.23. The summed E-state index contributed by atoms with van der Waals surface area (Å²) in [7, 11) is 0. The summed E-state index contributed by atoms with van der Waals surface area (Å²) in [6.45, 7) is 1.17. The molecular weight excluding hydrogens is 680 g/mol. The molecule has 22 heteroatoms. The van der Waals surface area contributed by atoms with Gasteiger partial charge >= 0.3 is 17.1 Å². The van der Waals surface area contributed by atoms with Gasteiger partial charge in [0.25, 0.3) is 0 Å². The summed E-state index contributed by atoms with van der Waals surface area (Å²) < 4.78 is 0. The maximum absolute atomic E-state index is 10.5. The van der Waals surface area contributed by atoms with E-state index in [1.54, 1.807) is 0 Å². The van der Waals surface area contributed by atoms with Crippen LogP contribution in [-0.2, 0) is 31.5 Å². The molecule has 0 aromatic carbocycles. The predicted molar refractivity (Wildman–Crippen MR) is 136 cm³/mol. The Morgan fingerprint density at radius 2 is 0.630 bits per heavy atom. The SMILES string of the molecule is CCC(O)(C(=O)[O-])C(O)C(O)C(O)CO.CCC(O)(C(=O)[O-])C(O)C(O)C(O)CO.CCC(O)(C(=O)[O-])C(O)C(O)C(O)CO.[Fe+3]. The van der Waals surface area contributed by atoms with Crippen molar-refractivity contribution in [2.75, 3.05) is 19.8 Å². The second kappa shape index (κ2) is 22.8. The van der Waals surface area contributed by atoms with E-state index < -0.39 is 129 Å². The van der Waals surface area contributed by atoms with Crippen LogP contribution < -0.4 is 15.3 Å². The van der Waals surface area contributed by atoms with E-state index in [1.807, 2.05) is 0 Å². The summed E-state index contributed by atoms with van der Waals surface area (Å²) in [5, 5.41) is 168. The molecule has 0 saturated heterocycles. The van der Waals surface area contributed by atoms with Gasteiger partial charge in [-0.2, -0.15) is 0 Å². The zero-order chi connectivity index (χ0) is 36.7. The summed E-state index contributed by atoms with van der Waals surface area (Å²) in [6, 6.07) is 0. The first-order valence-electron chi connectivity index (χ1n) is 13.2. The van der Waals surface area contributed by atoms with Crippen molar-refractivity contribution in [3.63, 3.8) is 0 Å². The van der Waals surface area contributed by atoms with E-state index in [0.29, 0.717) is 0 Å². The van der Waals surface area contributed by atoms with Crippen LogP contribution in [0.1, 0.15) is 40.0 Å². The third-order valence-electron chi connectivity index (χ3n) is 6.86. The van der Waals surface area contributed by atoms with E-state index in [4.69, 9.17) is 30.6 Å². The largest absolute Gasteiger partial charge is 3.00 e. The van der Waals surface area contributed by atoms with Gasteiger partial charge in [0, 0.05) is 0 Å². The van der Waals surface area contributed by atoms with Crippen LogP contribution in [0.4, 0.5) is 0 Å². The van der Waals surface area contributed by atoms with Crippen LogP contribution in [0, 0.1) is 0 Å². The molecule has 0 amide bonds. The van der Waals surface area contributed by atoms with Crippen LogP contribution >= 0.6 is 0 Å². The number of aliphatic carboxylic acids is 3. The Morgan fingerprint density at radius 3 is 0.717 bits per heavy atom. The standard InChI is InChI=1S/3C8H16O7.Fe/c3*1-2-8(15,7(13)14)6(12)5(11)4(10)3-9;/h3*4-6,9-12,15H,2-3H2,1H3,(H,13,14);/q;;;+3/p-3. The van der Waals surface area contributed by atoms with E-state index in [2.05, 4.69) is 0 Å². The molecule has 1 radical (unpaired) electrons. The first-order chi connectivity index (χ1) is 20.4. The van der Waals surface area contributed by atoms with Crippen LogP contribution in [0.3, 0.4) is 0 Å². The number of hydrogen-bond donors (Lipinski definition) is 15. The fourth-order valence-corrected chi connectivity index (χ4v) is 3.23. The van der Waals surface area contributed by atoms with Gasteiger partial charge in [0.2, 0.25) is 0 Å². The van der Waals surface area contributed by atoms with E-state index >= 15 is 0 Å². The van der Waals surface area contributed by atoms with Crippen molar-refractivity contribution in [3.05, 3.63) is 0 Å². The summed E-state index contributed by atoms with van der Waals surface area (Å²) in [4.78, 5) is 31.6. The van der Waals surface area contributed by atoms with Gasteiger partial charge in [-0.15, -0.1) is 0 Å². The van der Waals surface area contributed by atoms with Gasteiger partial charge in [-0.25, -0.2) is 0 Å². The summed E-state index contributed by atoms with van der Waals surface area (Å²) >= 11 is 0. The minimum absolute atomic E-state index is 0. The Kier molecular flexibility index (Phi) is 25.4. The number of carboxylic acids is 3. The molecule has 275 valence electrons. The zero-order valence-corrected chi connectivity index (χ0v) is 26.1. The van der Waals surface area contributed by atoms with E-state index in [9.17, 15) is 75.7 Å². The molecule has 0 saturated carbocycles. The van der Waals surface area contributed by atoms with Gasteiger partial charge in [-0.3, -0.25) is 0 Å².